The van der Waals surface area contributed by atoms with E-state index in [9.17, 15) is 4.79 Å². The highest BCUT2D eigenvalue weighted by Crippen LogP contribution is 2.28. The average Bonchev–Trinajstić information content (AvgIpc) is 2.53. The number of carbonyl (C=O) groups is 1. The third-order valence-electron chi connectivity index (χ3n) is 3.03. The Morgan fingerprint density at radius 1 is 0.850 bits per heavy atom. The standard InChI is InChI=1S/C16H16O4/c1-18-13-7-4-11(5-8-13)12-6-9-14(16(17)20-3)15(10-12)19-2/h4-10H,1-3H3. The molecule has 0 radical (unpaired) electrons. The zero-order valence-corrected chi connectivity index (χ0v) is 11.7. The van der Waals surface area contributed by atoms with Crippen LogP contribution in [0.1, 0.15) is 10.4 Å². The summed E-state index contributed by atoms with van der Waals surface area (Å²) in [4.78, 5) is 11.6. The largest absolute Gasteiger partial charge is 0.497 e. The molecule has 0 amide bonds. The van der Waals surface area contributed by atoms with Gasteiger partial charge in [-0.15, -0.1) is 0 Å². The van der Waals surface area contributed by atoms with E-state index in [4.69, 9.17) is 14.2 Å². The molecule has 0 aliphatic heterocycles. The quantitative estimate of drug-likeness (QED) is 0.802. The van der Waals surface area contributed by atoms with Crippen LogP contribution >= 0.6 is 0 Å². The minimum Gasteiger partial charge on any atom is -0.497 e. The fourth-order valence-electron chi connectivity index (χ4n) is 1.93. The van der Waals surface area contributed by atoms with Gasteiger partial charge in [0.05, 0.1) is 21.3 Å². The maximum atomic E-state index is 11.6. The Morgan fingerprint density at radius 2 is 1.50 bits per heavy atom. The monoisotopic (exact) mass is 272 g/mol. The van der Waals surface area contributed by atoms with Crippen molar-refractivity contribution in [1.82, 2.24) is 0 Å². The van der Waals surface area contributed by atoms with Gasteiger partial charge in [-0.1, -0.05) is 18.2 Å². The molecular formula is C16H16O4. The Labute approximate surface area is 117 Å². The molecule has 4 nitrogen and oxygen atoms in total. The van der Waals surface area contributed by atoms with Gasteiger partial charge in [0.1, 0.15) is 17.1 Å². The van der Waals surface area contributed by atoms with Crippen LogP contribution in [-0.4, -0.2) is 27.3 Å². The molecule has 0 saturated carbocycles. The molecule has 0 atom stereocenters. The van der Waals surface area contributed by atoms with Crippen molar-refractivity contribution in [2.75, 3.05) is 21.3 Å². The Morgan fingerprint density at radius 3 is 2.05 bits per heavy atom. The summed E-state index contributed by atoms with van der Waals surface area (Å²) in [5, 5.41) is 0. The van der Waals surface area contributed by atoms with E-state index in [0.29, 0.717) is 11.3 Å². The van der Waals surface area contributed by atoms with Crippen LogP contribution in [0.2, 0.25) is 0 Å². The number of benzene rings is 2. The number of carbonyl (C=O) groups excluding carboxylic acids is 1. The van der Waals surface area contributed by atoms with E-state index in [1.165, 1.54) is 14.2 Å². The first-order valence-corrected chi connectivity index (χ1v) is 6.10. The molecule has 0 aliphatic carbocycles. The van der Waals surface area contributed by atoms with E-state index in [1.54, 1.807) is 13.2 Å². The summed E-state index contributed by atoms with van der Waals surface area (Å²) in [7, 11) is 4.50. The van der Waals surface area contributed by atoms with Crippen molar-refractivity contribution in [3.05, 3.63) is 48.0 Å². The molecule has 2 aromatic carbocycles. The first-order chi connectivity index (χ1) is 9.69. The minimum atomic E-state index is -0.414. The van der Waals surface area contributed by atoms with E-state index in [2.05, 4.69) is 0 Å². The van der Waals surface area contributed by atoms with Crippen LogP contribution < -0.4 is 9.47 Å². The van der Waals surface area contributed by atoms with Crippen molar-refractivity contribution in [2.45, 2.75) is 0 Å². The van der Waals surface area contributed by atoms with Crippen LogP contribution in [0.5, 0.6) is 11.5 Å². The van der Waals surface area contributed by atoms with Gasteiger partial charge in [0, 0.05) is 0 Å². The molecule has 0 saturated heterocycles. The van der Waals surface area contributed by atoms with Crippen molar-refractivity contribution in [2.24, 2.45) is 0 Å². The lowest BCUT2D eigenvalue weighted by molar-refractivity contribution is 0.0597. The topological polar surface area (TPSA) is 44.8 Å². The van der Waals surface area contributed by atoms with Crippen molar-refractivity contribution in [3.8, 4) is 22.6 Å². The first-order valence-electron chi connectivity index (χ1n) is 6.10. The second-order valence-corrected chi connectivity index (χ2v) is 4.14. The molecule has 4 heteroatoms. The van der Waals surface area contributed by atoms with Crippen molar-refractivity contribution < 1.29 is 19.0 Å². The van der Waals surface area contributed by atoms with E-state index in [1.807, 2.05) is 36.4 Å². The Hall–Kier alpha value is -2.49. The summed E-state index contributed by atoms with van der Waals surface area (Å²) in [6, 6.07) is 13.0. The summed E-state index contributed by atoms with van der Waals surface area (Å²) in [5.74, 6) is 0.875. The molecule has 2 rings (SSSR count). The van der Waals surface area contributed by atoms with E-state index >= 15 is 0 Å². The van der Waals surface area contributed by atoms with Gasteiger partial charge in [-0.25, -0.2) is 4.79 Å². The van der Waals surface area contributed by atoms with Crippen LogP contribution in [-0.2, 0) is 4.74 Å². The van der Waals surface area contributed by atoms with Gasteiger partial charge in [0.25, 0.3) is 0 Å². The first kappa shape index (κ1) is 13.9. The van der Waals surface area contributed by atoms with Crippen molar-refractivity contribution >= 4 is 5.97 Å². The lowest BCUT2D eigenvalue weighted by Crippen LogP contribution is -2.04. The fourth-order valence-corrected chi connectivity index (χ4v) is 1.93. The second kappa shape index (κ2) is 6.10. The molecule has 2 aromatic rings. The van der Waals surface area contributed by atoms with Crippen LogP contribution in [0, 0.1) is 0 Å². The molecule has 0 spiro atoms. The number of hydrogen-bond donors (Lipinski definition) is 0. The van der Waals surface area contributed by atoms with Gasteiger partial charge >= 0.3 is 5.97 Å². The maximum Gasteiger partial charge on any atom is 0.341 e. The fraction of sp³-hybridized carbons (Fsp3) is 0.188. The third-order valence-corrected chi connectivity index (χ3v) is 3.03. The number of esters is 1. The normalized spacial score (nSPS) is 9.95. The van der Waals surface area contributed by atoms with Gasteiger partial charge in [-0.2, -0.15) is 0 Å². The van der Waals surface area contributed by atoms with Crippen LogP contribution in [0.3, 0.4) is 0 Å². The summed E-state index contributed by atoms with van der Waals surface area (Å²) in [6.07, 6.45) is 0. The van der Waals surface area contributed by atoms with Gasteiger partial charge in [0.2, 0.25) is 0 Å². The van der Waals surface area contributed by atoms with E-state index in [-0.39, 0.29) is 0 Å². The van der Waals surface area contributed by atoms with Gasteiger partial charge < -0.3 is 14.2 Å². The number of ether oxygens (including phenoxy) is 3. The third kappa shape index (κ3) is 2.74. The molecular weight excluding hydrogens is 256 g/mol. The number of hydrogen-bond acceptors (Lipinski definition) is 4. The molecule has 0 unspecified atom stereocenters. The maximum absolute atomic E-state index is 11.6. The highest BCUT2D eigenvalue weighted by Gasteiger charge is 2.13. The van der Waals surface area contributed by atoms with E-state index in [0.717, 1.165) is 16.9 Å². The SMILES string of the molecule is COC(=O)c1ccc(-c2ccc(OC)cc2)cc1OC. The molecule has 0 fully saturated rings. The Bertz CT molecular complexity index is 602. The second-order valence-electron chi connectivity index (χ2n) is 4.14. The van der Waals surface area contributed by atoms with Crippen molar-refractivity contribution in [3.63, 3.8) is 0 Å². The smallest absolute Gasteiger partial charge is 0.341 e. The zero-order chi connectivity index (χ0) is 14.5. The Kier molecular flexibility index (Phi) is 4.25. The lowest BCUT2D eigenvalue weighted by Gasteiger charge is -2.10. The molecule has 0 N–H and O–H groups in total. The van der Waals surface area contributed by atoms with Gasteiger partial charge in [0.15, 0.2) is 0 Å². The Balaban J connectivity index is 2.40. The molecule has 0 aromatic heterocycles. The lowest BCUT2D eigenvalue weighted by atomic mass is 10.0. The van der Waals surface area contributed by atoms with Crippen LogP contribution in [0.15, 0.2) is 42.5 Å². The zero-order valence-electron chi connectivity index (χ0n) is 11.7. The predicted molar refractivity (Wildman–Crippen MR) is 76.3 cm³/mol. The molecule has 20 heavy (non-hydrogen) atoms. The predicted octanol–water partition coefficient (Wildman–Crippen LogP) is 3.16. The molecule has 104 valence electrons. The number of methoxy groups -OCH3 is 3. The van der Waals surface area contributed by atoms with Crippen LogP contribution in [0.25, 0.3) is 11.1 Å². The highest BCUT2D eigenvalue weighted by atomic mass is 16.5. The van der Waals surface area contributed by atoms with Crippen LogP contribution in [0.4, 0.5) is 0 Å². The molecule has 0 aliphatic rings. The molecule has 0 heterocycles. The summed E-state index contributed by atoms with van der Waals surface area (Å²) in [6.45, 7) is 0. The van der Waals surface area contributed by atoms with Gasteiger partial charge in [-0.3, -0.25) is 0 Å². The summed E-state index contributed by atoms with van der Waals surface area (Å²) >= 11 is 0. The minimum absolute atomic E-state index is 0.410. The van der Waals surface area contributed by atoms with Crippen molar-refractivity contribution in [1.29, 1.82) is 0 Å². The summed E-state index contributed by atoms with van der Waals surface area (Å²) < 4.78 is 15.1. The van der Waals surface area contributed by atoms with Gasteiger partial charge in [-0.05, 0) is 35.4 Å². The average molecular weight is 272 g/mol. The summed E-state index contributed by atoms with van der Waals surface area (Å²) in [5.41, 5.74) is 2.38. The number of rotatable bonds is 4. The van der Waals surface area contributed by atoms with E-state index < -0.39 is 5.97 Å². The molecule has 0 bridgehead atoms. The highest BCUT2D eigenvalue weighted by molar-refractivity contribution is 5.93.